The van der Waals surface area contributed by atoms with E-state index in [0.717, 1.165) is 0 Å². The molecule has 0 saturated carbocycles. The van der Waals surface area contributed by atoms with E-state index in [0.29, 0.717) is 0 Å². The van der Waals surface area contributed by atoms with Crippen molar-refractivity contribution in [2.75, 3.05) is 39.0 Å². The molecule has 0 aromatic heterocycles. The van der Waals surface area contributed by atoms with E-state index in [4.69, 9.17) is 29.5 Å². The summed E-state index contributed by atoms with van der Waals surface area (Å²) in [6, 6.07) is 0. The van der Waals surface area contributed by atoms with Gasteiger partial charge in [-0.05, 0) is 0 Å². The fourth-order valence-corrected chi connectivity index (χ4v) is 4.64. The molecule has 0 aromatic rings. The summed E-state index contributed by atoms with van der Waals surface area (Å²) in [6.07, 6.45) is -3.48. The van der Waals surface area contributed by atoms with Gasteiger partial charge in [0.15, 0.2) is 0 Å². The van der Waals surface area contributed by atoms with E-state index in [1.807, 2.05) is 0 Å². The number of hydrogen-bond donors (Lipinski definition) is 4. The molecule has 0 radical (unpaired) electrons. The quantitative estimate of drug-likeness (QED) is 0.263. The number of rotatable bonds is 6. The van der Waals surface area contributed by atoms with E-state index < -0.39 is 39.5 Å². The van der Waals surface area contributed by atoms with Gasteiger partial charge in [0.2, 0.25) is 0 Å². The average molecular weight is 334 g/mol. The Balaban J connectivity index is 4.53. The standard InChI is InChI=1S/C10H24O8P2/c1-19(2,5-7(11)12)17-9(15)10(16)18-20(3,4)6-8(13)14/h7-8,11-14,19-20H,5-6H2,1-4H3. The summed E-state index contributed by atoms with van der Waals surface area (Å²) in [5.41, 5.74) is 0. The Bertz CT molecular complexity index is 319. The maximum atomic E-state index is 11.6. The van der Waals surface area contributed by atoms with Gasteiger partial charge in [-0.2, -0.15) is 0 Å². The van der Waals surface area contributed by atoms with Crippen LogP contribution in [0.4, 0.5) is 0 Å². The van der Waals surface area contributed by atoms with E-state index in [9.17, 15) is 9.59 Å². The molecular formula is C10H24O8P2. The van der Waals surface area contributed by atoms with Gasteiger partial charge in [0.1, 0.15) is 0 Å². The van der Waals surface area contributed by atoms with E-state index in [1.54, 1.807) is 26.7 Å². The molecule has 0 atom stereocenters. The van der Waals surface area contributed by atoms with Crippen LogP contribution in [0.1, 0.15) is 0 Å². The first kappa shape index (κ1) is 19.6. The van der Waals surface area contributed by atoms with Crippen LogP contribution >= 0.6 is 15.0 Å². The van der Waals surface area contributed by atoms with Crippen LogP contribution in [0.5, 0.6) is 0 Å². The molecule has 8 nitrogen and oxygen atoms in total. The van der Waals surface area contributed by atoms with Crippen LogP contribution in [0.15, 0.2) is 0 Å². The molecule has 0 amide bonds. The van der Waals surface area contributed by atoms with Gasteiger partial charge in [-0.1, -0.05) is 0 Å². The van der Waals surface area contributed by atoms with Gasteiger partial charge < -0.3 is 0 Å². The fraction of sp³-hybridized carbons (Fsp3) is 0.800. The number of carbonyl (C=O) groups excluding carboxylic acids is 2. The van der Waals surface area contributed by atoms with Crippen molar-refractivity contribution in [2.45, 2.75) is 12.6 Å². The Labute approximate surface area is 118 Å². The van der Waals surface area contributed by atoms with E-state index in [-0.39, 0.29) is 12.3 Å². The number of hydrogen-bond acceptors (Lipinski definition) is 8. The molecule has 20 heavy (non-hydrogen) atoms. The minimum atomic E-state index is -2.73. The topological polar surface area (TPSA) is 134 Å². The fourth-order valence-electron chi connectivity index (χ4n) is 1.55. The summed E-state index contributed by atoms with van der Waals surface area (Å²) in [6.45, 7) is 6.21. The normalized spacial score (nSPS) is 14.3. The Kier molecular flexibility index (Phi) is 7.46. The second-order valence-corrected chi connectivity index (χ2v) is 13.9. The van der Waals surface area contributed by atoms with Crippen molar-refractivity contribution >= 4 is 26.9 Å². The third kappa shape index (κ3) is 8.74. The zero-order chi connectivity index (χ0) is 16.1. The first-order valence-corrected chi connectivity index (χ1v) is 12.3. The van der Waals surface area contributed by atoms with Gasteiger partial charge >= 0.3 is 118 Å². The number of aliphatic hydroxyl groups excluding tert-OH is 2. The third-order valence-corrected chi connectivity index (χ3v) is 6.43. The van der Waals surface area contributed by atoms with Crippen LogP contribution in [0, 0.1) is 0 Å². The number of aliphatic hydroxyl groups is 4. The SMILES string of the molecule is C[PH](C)(CC(O)O)OC(=O)C(=O)O[PH](C)(C)CC(O)O. The van der Waals surface area contributed by atoms with E-state index in [1.165, 1.54) is 0 Å². The molecule has 0 aromatic carbocycles. The molecule has 0 aliphatic carbocycles. The second-order valence-electron chi connectivity index (χ2n) is 5.67. The minimum absolute atomic E-state index is 0.123. The summed E-state index contributed by atoms with van der Waals surface area (Å²) in [5, 5.41) is 35.4. The van der Waals surface area contributed by atoms with Crippen molar-refractivity contribution in [3.05, 3.63) is 0 Å². The summed E-state index contributed by atoms with van der Waals surface area (Å²) in [7, 11) is -5.47. The summed E-state index contributed by atoms with van der Waals surface area (Å²) in [4.78, 5) is 23.2. The zero-order valence-electron chi connectivity index (χ0n) is 12.0. The molecule has 0 heterocycles. The predicted octanol–water partition coefficient (Wildman–Crippen LogP) is -1.46. The molecule has 0 spiro atoms. The molecule has 0 rings (SSSR count). The molecule has 0 saturated heterocycles. The molecule has 0 bridgehead atoms. The van der Waals surface area contributed by atoms with Crippen molar-refractivity contribution in [2.24, 2.45) is 0 Å². The molecule has 0 fully saturated rings. The van der Waals surface area contributed by atoms with Gasteiger partial charge in [0, 0.05) is 0 Å². The van der Waals surface area contributed by atoms with Gasteiger partial charge in [0.25, 0.3) is 0 Å². The van der Waals surface area contributed by atoms with Crippen molar-refractivity contribution in [3.8, 4) is 0 Å². The average Bonchev–Trinajstić information content (AvgIpc) is 2.10. The Morgan fingerprint density at radius 1 is 0.800 bits per heavy atom. The zero-order valence-corrected chi connectivity index (χ0v) is 14.0. The first-order valence-electron chi connectivity index (χ1n) is 6.03. The van der Waals surface area contributed by atoms with E-state index in [2.05, 4.69) is 0 Å². The van der Waals surface area contributed by atoms with Crippen molar-refractivity contribution in [1.29, 1.82) is 0 Å². The molecule has 0 unspecified atom stereocenters. The van der Waals surface area contributed by atoms with Crippen molar-refractivity contribution < 1.29 is 39.1 Å². The molecule has 0 aliphatic heterocycles. The van der Waals surface area contributed by atoms with Gasteiger partial charge in [-0.25, -0.2) is 0 Å². The number of carbonyl (C=O) groups is 2. The van der Waals surface area contributed by atoms with Crippen LogP contribution in [0.2, 0.25) is 0 Å². The predicted molar refractivity (Wildman–Crippen MR) is 78.7 cm³/mol. The summed E-state index contributed by atoms with van der Waals surface area (Å²) < 4.78 is 9.93. The Hall–Kier alpha value is -0.360. The molecule has 4 N–H and O–H groups in total. The van der Waals surface area contributed by atoms with Gasteiger partial charge in [0.05, 0.1) is 0 Å². The Morgan fingerprint density at radius 2 is 1.05 bits per heavy atom. The Morgan fingerprint density at radius 3 is 1.25 bits per heavy atom. The third-order valence-electron chi connectivity index (χ3n) is 2.25. The monoisotopic (exact) mass is 334 g/mol. The molecule has 10 heteroatoms. The van der Waals surface area contributed by atoms with Crippen LogP contribution in [0.25, 0.3) is 0 Å². The van der Waals surface area contributed by atoms with Gasteiger partial charge in [-0.15, -0.1) is 0 Å². The van der Waals surface area contributed by atoms with E-state index >= 15 is 0 Å². The summed E-state index contributed by atoms with van der Waals surface area (Å²) >= 11 is 0. The van der Waals surface area contributed by atoms with Crippen LogP contribution < -0.4 is 0 Å². The van der Waals surface area contributed by atoms with Crippen LogP contribution in [0.3, 0.4) is 0 Å². The van der Waals surface area contributed by atoms with Crippen LogP contribution in [-0.4, -0.2) is 83.9 Å². The second kappa shape index (κ2) is 7.59. The van der Waals surface area contributed by atoms with Crippen molar-refractivity contribution in [3.63, 3.8) is 0 Å². The molecular weight excluding hydrogens is 310 g/mol. The molecule has 0 aliphatic rings. The van der Waals surface area contributed by atoms with Gasteiger partial charge in [-0.3, -0.25) is 0 Å². The van der Waals surface area contributed by atoms with Crippen molar-refractivity contribution in [1.82, 2.24) is 0 Å². The van der Waals surface area contributed by atoms with Crippen LogP contribution in [-0.2, 0) is 18.6 Å². The first-order chi connectivity index (χ1) is 8.84. The molecule has 122 valence electrons. The summed E-state index contributed by atoms with van der Waals surface area (Å²) in [5.74, 6) is -2.40. The maximum absolute atomic E-state index is 11.6.